The first kappa shape index (κ1) is 20.9. The van der Waals surface area contributed by atoms with E-state index in [1.54, 1.807) is 0 Å². The number of methoxy groups -OCH3 is 1. The molecule has 2 saturated heterocycles. The molecule has 0 amide bonds. The summed E-state index contributed by atoms with van der Waals surface area (Å²) in [5.74, 6) is -0.132. The fourth-order valence-corrected chi connectivity index (χ4v) is 3.10. The zero-order chi connectivity index (χ0) is 13.9. The monoisotopic (exact) mass is 341 g/mol. The predicted molar refractivity (Wildman–Crippen MR) is 89.6 cm³/mol. The second kappa shape index (κ2) is 9.16. The summed E-state index contributed by atoms with van der Waals surface area (Å²) in [6, 6.07) is 1.14. The molecule has 21 heavy (non-hydrogen) atoms. The number of nitrogens with one attached hydrogen (secondary N) is 2. The molecule has 2 aliphatic heterocycles. The number of carbonyl (C=O) groups excluding carboxylic acids is 1. The Balaban J connectivity index is 0.00000200. The Morgan fingerprint density at radius 1 is 1.29 bits per heavy atom. The number of hydrogen-bond acceptors (Lipinski definition) is 5. The second-order valence-electron chi connectivity index (χ2n) is 6.28. The van der Waals surface area contributed by atoms with E-state index in [1.807, 2.05) is 0 Å². The highest BCUT2D eigenvalue weighted by atomic mass is 35.5. The Morgan fingerprint density at radius 3 is 2.38 bits per heavy atom. The normalized spacial score (nSPS) is 25.8. The molecule has 0 saturated carbocycles. The molecule has 2 heterocycles. The van der Waals surface area contributed by atoms with Gasteiger partial charge in [0.25, 0.3) is 0 Å². The number of rotatable bonds is 4. The summed E-state index contributed by atoms with van der Waals surface area (Å²) < 4.78 is 4.71. The first-order chi connectivity index (χ1) is 9.01. The minimum atomic E-state index is -0.132. The summed E-state index contributed by atoms with van der Waals surface area (Å²) in [7, 11) is 1.45. The molecule has 1 atom stereocenters. The van der Waals surface area contributed by atoms with Gasteiger partial charge in [0.05, 0.1) is 13.7 Å². The highest BCUT2D eigenvalue weighted by molar-refractivity contribution is 5.85. The van der Waals surface area contributed by atoms with Crippen molar-refractivity contribution in [1.82, 2.24) is 15.5 Å². The number of esters is 1. The number of halogens is 2. The summed E-state index contributed by atoms with van der Waals surface area (Å²) in [4.78, 5) is 13.4. The standard InChI is InChI=1S/C14H27N3O2.2ClH/c1-14(2)12(4-7-15-14)16-11-5-8-17(9-6-11)10-13(18)19-3;;/h11-12,15-16H,4-10H2,1-3H3;2*1H. The molecular formula is C14H29Cl2N3O2. The Morgan fingerprint density at radius 2 is 1.90 bits per heavy atom. The van der Waals surface area contributed by atoms with Gasteiger partial charge in [-0.3, -0.25) is 9.69 Å². The zero-order valence-electron chi connectivity index (χ0n) is 13.2. The van der Waals surface area contributed by atoms with Crippen LogP contribution >= 0.6 is 24.8 Å². The molecule has 2 N–H and O–H groups in total. The lowest BCUT2D eigenvalue weighted by Crippen LogP contribution is -2.54. The van der Waals surface area contributed by atoms with Gasteiger partial charge in [0.2, 0.25) is 0 Å². The molecule has 0 aromatic rings. The van der Waals surface area contributed by atoms with Gasteiger partial charge in [-0.25, -0.2) is 0 Å². The average Bonchev–Trinajstić information content (AvgIpc) is 2.71. The lowest BCUT2D eigenvalue weighted by Gasteiger charge is -2.36. The lowest BCUT2D eigenvalue weighted by atomic mass is 9.94. The Bertz CT molecular complexity index is 321. The van der Waals surface area contributed by atoms with Crippen LogP contribution in [0.4, 0.5) is 0 Å². The van der Waals surface area contributed by atoms with Crippen molar-refractivity contribution in [1.29, 1.82) is 0 Å². The minimum Gasteiger partial charge on any atom is -0.468 e. The Labute approximate surface area is 140 Å². The van der Waals surface area contributed by atoms with E-state index in [9.17, 15) is 4.79 Å². The van der Waals surface area contributed by atoms with Crippen LogP contribution in [0.5, 0.6) is 0 Å². The van der Waals surface area contributed by atoms with E-state index in [-0.39, 0.29) is 36.3 Å². The van der Waals surface area contributed by atoms with Crippen LogP contribution in [0.1, 0.15) is 33.1 Å². The molecule has 0 radical (unpaired) electrons. The van der Waals surface area contributed by atoms with Crippen LogP contribution in [-0.4, -0.2) is 61.8 Å². The molecular weight excluding hydrogens is 313 g/mol. The molecule has 7 heteroatoms. The molecule has 2 rings (SSSR count). The SMILES string of the molecule is COC(=O)CN1CCC(NC2CCNC2(C)C)CC1.Cl.Cl. The van der Waals surface area contributed by atoms with Gasteiger partial charge >= 0.3 is 5.97 Å². The van der Waals surface area contributed by atoms with Crippen molar-refractivity contribution in [3.8, 4) is 0 Å². The summed E-state index contributed by atoms with van der Waals surface area (Å²) >= 11 is 0. The maximum Gasteiger partial charge on any atom is 0.319 e. The number of nitrogens with zero attached hydrogens (tertiary/aromatic N) is 1. The smallest absolute Gasteiger partial charge is 0.319 e. The molecule has 1 unspecified atom stereocenters. The number of ether oxygens (including phenoxy) is 1. The number of hydrogen-bond donors (Lipinski definition) is 2. The molecule has 0 bridgehead atoms. The maximum atomic E-state index is 11.2. The van der Waals surface area contributed by atoms with Crippen LogP contribution in [0, 0.1) is 0 Å². The van der Waals surface area contributed by atoms with Crippen molar-refractivity contribution in [3.05, 3.63) is 0 Å². The number of likely N-dealkylation sites (tertiary alicyclic amines) is 1. The van der Waals surface area contributed by atoms with Gasteiger partial charge in [0.1, 0.15) is 0 Å². The minimum absolute atomic E-state index is 0. The van der Waals surface area contributed by atoms with Crippen LogP contribution in [-0.2, 0) is 9.53 Å². The first-order valence-electron chi connectivity index (χ1n) is 7.31. The second-order valence-corrected chi connectivity index (χ2v) is 6.28. The van der Waals surface area contributed by atoms with Crippen LogP contribution < -0.4 is 10.6 Å². The molecule has 2 fully saturated rings. The van der Waals surface area contributed by atoms with Gasteiger partial charge in [0, 0.05) is 30.7 Å². The molecule has 5 nitrogen and oxygen atoms in total. The largest absolute Gasteiger partial charge is 0.468 e. The Kier molecular flexibility index (Phi) is 9.12. The fraction of sp³-hybridized carbons (Fsp3) is 0.929. The zero-order valence-corrected chi connectivity index (χ0v) is 14.8. The highest BCUT2D eigenvalue weighted by Gasteiger charge is 2.35. The van der Waals surface area contributed by atoms with Gasteiger partial charge in [0.15, 0.2) is 0 Å². The average molecular weight is 342 g/mol. The highest BCUT2D eigenvalue weighted by Crippen LogP contribution is 2.21. The summed E-state index contributed by atoms with van der Waals surface area (Å²) in [6.07, 6.45) is 3.43. The molecule has 0 spiro atoms. The topological polar surface area (TPSA) is 53.6 Å². The third-order valence-corrected chi connectivity index (χ3v) is 4.49. The van der Waals surface area contributed by atoms with E-state index in [2.05, 4.69) is 29.4 Å². The van der Waals surface area contributed by atoms with Gasteiger partial charge < -0.3 is 15.4 Å². The van der Waals surface area contributed by atoms with Crippen LogP contribution in [0.3, 0.4) is 0 Å². The molecule has 2 aliphatic rings. The van der Waals surface area contributed by atoms with Crippen molar-refractivity contribution in [2.24, 2.45) is 0 Å². The van der Waals surface area contributed by atoms with Crippen molar-refractivity contribution in [2.45, 2.75) is 50.7 Å². The number of piperidine rings is 1. The van der Waals surface area contributed by atoms with E-state index in [0.717, 1.165) is 32.5 Å². The fourth-order valence-electron chi connectivity index (χ4n) is 3.10. The van der Waals surface area contributed by atoms with Gasteiger partial charge in [-0.05, 0) is 39.7 Å². The quantitative estimate of drug-likeness (QED) is 0.752. The van der Waals surface area contributed by atoms with Crippen molar-refractivity contribution >= 4 is 30.8 Å². The van der Waals surface area contributed by atoms with Crippen LogP contribution in [0.15, 0.2) is 0 Å². The van der Waals surface area contributed by atoms with Crippen LogP contribution in [0.25, 0.3) is 0 Å². The third kappa shape index (κ3) is 5.91. The molecule has 0 aliphatic carbocycles. The molecule has 126 valence electrons. The Hall–Kier alpha value is -0.0700. The van der Waals surface area contributed by atoms with Gasteiger partial charge in [-0.2, -0.15) is 0 Å². The van der Waals surface area contributed by atoms with Gasteiger partial charge in [-0.15, -0.1) is 24.8 Å². The third-order valence-electron chi connectivity index (χ3n) is 4.49. The van der Waals surface area contributed by atoms with Crippen molar-refractivity contribution in [2.75, 3.05) is 33.3 Å². The van der Waals surface area contributed by atoms with E-state index in [4.69, 9.17) is 4.74 Å². The lowest BCUT2D eigenvalue weighted by molar-refractivity contribution is -0.142. The van der Waals surface area contributed by atoms with E-state index >= 15 is 0 Å². The summed E-state index contributed by atoms with van der Waals surface area (Å²) in [5.41, 5.74) is 0.198. The number of carbonyl (C=O) groups is 1. The molecule has 0 aromatic heterocycles. The van der Waals surface area contributed by atoms with E-state index < -0.39 is 0 Å². The van der Waals surface area contributed by atoms with E-state index in [1.165, 1.54) is 13.5 Å². The summed E-state index contributed by atoms with van der Waals surface area (Å²) in [5, 5.41) is 7.33. The molecule has 0 aromatic carbocycles. The predicted octanol–water partition coefficient (Wildman–Crippen LogP) is 1.20. The summed E-state index contributed by atoms with van der Waals surface area (Å²) in [6.45, 7) is 8.03. The van der Waals surface area contributed by atoms with Crippen molar-refractivity contribution in [3.63, 3.8) is 0 Å². The van der Waals surface area contributed by atoms with E-state index in [0.29, 0.717) is 18.6 Å². The maximum absolute atomic E-state index is 11.2. The van der Waals surface area contributed by atoms with Crippen LogP contribution in [0.2, 0.25) is 0 Å². The first-order valence-corrected chi connectivity index (χ1v) is 7.31. The van der Waals surface area contributed by atoms with Gasteiger partial charge in [-0.1, -0.05) is 0 Å². The van der Waals surface area contributed by atoms with Crippen molar-refractivity contribution < 1.29 is 9.53 Å².